The van der Waals surface area contributed by atoms with Crippen LogP contribution in [-0.2, 0) is 19.1 Å². The Morgan fingerprint density at radius 1 is 1.14 bits per heavy atom. The van der Waals surface area contributed by atoms with Gasteiger partial charge in [0.1, 0.15) is 12.4 Å². The molecule has 1 aromatic rings. The highest BCUT2D eigenvalue weighted by atomic mass is 16.5. The second kappa shape index (κ2) is 12.2. The van der Waals surface area contributed by atoms with Crippen molar-refractivity contribution in [3.05, 3.63) is 23.8 Å². The minimum Gasteiger partial charge on any atom is -0.491 e. The molecule has 10 nitrogen and oxygen atoms in total. The molecule has 1 aromatic carbocycles. The number of nitrogens with one attached hydrogen (secondary N) is 1. The van der Waals surface area contributed by atoms with Gasteiger partial charge in [-0.25, -0.2) is 0 Å². The quantitative estimate of drug-likeness (QED) is 0.636. The number of ether oxygens (including phenoxy) is 3. The van der Waals surface area contributed by atoms with E-state index < -0.39 is 0 Å². The fourth-order valence-electron chi connectivity index (χ4n) is 4.83. The van der Waals surface area contributed by atoms with Gasteiger partial charge >= 0.3 is 0 Å². The number of morpholine rings is 1. The van der Waals surface area contributed by atoms with Crippen molar-refractivity contribution in [2.45, 2.75) is 38.8 Å². The smallest absolute Gasteiger partial charge is 0.257 e. The predicted octanol–water partition coefficient (Wildman–Crippen LogP) is 1.70. The second-order valence-corrected chi connectivity index (χ2v) is 10.5. The van der Waals surface area contributed by atoms with E-state index in [1.54, 1.807) is 37.3 Å². The molecular weight excluding hydrogens is 476 g/mol. The molecule has 0 bridgehead atoms. The maximum absolute atomic E-state index is 13.5. The highest BCUT2D eigenvalue weighted by Crippen LogP contribution is 2.31. The zero-order valence-electron chi connectivity index (χ0n) is 22.4. The number of methoxy groups -OCH3 is 1. The van der Waals surface area contributed by atoms with Crippen LogP contribution in [0.25, 0.3) is 0 Å². The molecule has 2 aliphatic heterocycles. The number of hydrogen-bond donors (Lipinski definition) is 1. The molecule has 3 aliphatic rings. The summed E-state index contributed by atoms with van der Waals surface area (Å²) < 4.78 is 17.4. The lowest BCUT2D eigenvalue weighted by molar-refractivity contribution is -0.137. The van der Waals surface area contributed by atoms with Crippen molar-refractivity contribution in [1.82, 2.24) is 14.7 Å². The van der Waals surface area contributed by atoms with Crippen molar-refractivity contribution in [3.63, 3.8) is 0 Å². The molecule has 0 aromatic heterocycles. The van der Waals surface area contributed by atoms with E-state index in [2.05, 4.69) is 10.2 Å². The van der Waals surface area contributed by atoms with Crippen LogP contribution in [-0.4, -0.2) is 111 Å². The first-order chi connectivity index (χ1) is 17.8. The molecule has 37 heavy (non-hydrogen) atoms. The lowest BCUT2D eigenvalue weighted by Gasteiger charge is -2.37. The highest BCUT2D eigenvalue weighted by Gasteiger charge is 2.32. The van der Waals surface area contributed by atoms with Crippen molar-refractivity contribution in [2.24, 2.45) is 11.8 Å². The van der Waals surface area contributed by atoms with E-state index >= 15 is 0 Å². The summed E-state index contributed by atoms with van der Waals surface area (Å²) in [7, 11) is 3.37. The lowest BCUT2D eigenvalue weighted by Crippen LogP contribution is -2.52. The fraction of sp³-hybridized carbons (Fsp3) is 0.667. The van der Waals surface area contributed by atoms with Crippen LogP contribution in [0, 0.1) is 11.8 Å². The Labute approximate surface area is 219 Å². The largest absolute Gasteiger partial charge is 0.491 e. The van der Waals surface area contributed by atoms with Gasteiger partial charge in [0.15, 0.2) is 0 Å². The van der Waals surface area contributed by atoms with E-state index in [1.165, 1.54) is 0 Å². The Morgan fingerprint density at radius 2 is 1.86 bits per heavy atom. The number of anilines is 1. The third-order valence-corrected chi connectivity index (χ3v) is 7.44. The highest BCUT2D eigenvalue weighted by molar-refractivity contribution is 6.00. The van der Waals surface area contributed by atoms with Crippen LogP contribution in [0.3, 0.4) is 0 Å². The number of rotatable bonds is 5. The molecule has 0 radical (unpaired) electrons. The molecule has 1 aliphatic carbocycles. The summed E-state index contributed by atoms with van der Waals surface area (Å²) in [6, 6.07) is 4.93. The van der Waals surface area contributed by atoms with E-state index in [0.29, 0.717) is 49.8 Å². The Hall–Kier alpha value is -2.69. The normalized spacial score (nSPS) is 25.9. The van der Waals surface area contributed by atoms with Crippen LogP contribution >= 0.6 is 0 Å². The van der Waals surface area contributed by atoms with Crippen molar-refractivity contribution in [1.29, 1.82) is 0 Å². The Morgan fingerprint density at radius 3 is 2.54 bits per heavy atom. The number of fused-ring (bicyclic) bond motifs is 1. The minimum absolute atomic E-state index is 0.0144. The summed E-state index contributed by atoms with van der Waals surface area (Å²) in [5.41, 5.74) is 0.942. The average Bonchev–Trinajstić information content (AvgIpc) is 3.74. The van der Waals surface area contributed by atoms with Gasteiger partial charge < -0.3 is 29.3 Å². The van der Waals surface area contributed by atoms with Gasteiger partial charge in [0.05, 0.1) is 37.5 Å². The van der Waals surface area contributed by atoms with Crippen molar-refractivity contribution in [3.8, 4) is 5.75 Å². The van der Waals surface area contributed by atoms with E-state index in [0.717, 1.165) is 25.9 Å². The number of amides is 3. The van der Waals surface area contributed by atoms with Crippen LogP contribution in [0.5, 0.6) is 5.75 Å². The number of likely N-dealkylation sites (N-methyl/N-ethyl adjacent to an activating group) is 1. The third-order valence-electron chi connectivity index (χ3n) is 7.44. The molecule has 3 amide bonds. The number of nitrogens with zero attached hydrogens (tertiary/aromatic N) is 3. The molecule has 1 saturated heterocycles. The first-order valence-corrected chi connectivity index (χ1v) is 13.2. The third kappa shape index (κ3) is 7.00. The first-order valence-electron chi connectivity index (χ1n) is 13.2. The van der Waals surface area contributed by atoms with Gasteiger partial charge in [-0.05, 0) is 38.0 Å². The van der Waals surface area contributed by atoms with Gasteiger partial charge in [-0.1, -0.05) is 6.92 Å². The summed E-state index contributed by atoms with van der Waals surface area (Å²) >= 11 is 0. The van der Waals surface area contributed by atoms with E-state index in [-0.39, 0.29) is 48.3 Å². The Balaban J connectivity index is 1.58. The molecule has 1 N–H and O–H groups in total. The minimum atomic E-state index is -0.263. The van der Waals surface area contributed by atoms with E-state index in [1.807, 2.05) is 18.7 Å². The van der Waals surface area contributed by atoms with Crippen LogP contribution in [0.4, 0.5) is 5.69 Å². The number of benzene rings is 1. The predicted molar refractivity (Wildman–Crippen MR) is 139 cm³/mol. The topological polar surface area (TPSA) is 101 Å². The summed E-state index contributed by atoms with van der Waals surface area (Å²) in [5, 5.41) is 2.92. The molecule has 4 rings (SSSR count). The van der Waals surface area contributed by atoms with Gasteiger partial charge in [-0.15, -0.1) is 0 Å². The molecule has 2 heterocycles. The van der Waals surface area contributed by atoms with Gasteiger partial charge in [0, 0.05) is 57.9 Å². The molecule has 0 spiro atoms. The number of carbonyl (C=O) groups excluding carboxylic acids is 3. The standard InChI is InChI=1S/C27H40N4O6/c1-18-14-31(25(32)16-30-9-11-36-12-10-30)19(2)17-37-23-8-7-21(28-26(33)20-5-6-20)13-22(23)27(34)29(3)15-24(18)35-4/h7-8,13,18-20,24H,5-6,9-12,14-17H2,1-4H3,(H,28,33)/t18-,19-,24-/m1/s1. The molecule has 10 heteroatoms. The van der Waals surface area contributed by atoms with Crippen LogP contribution in [0.1, 0.15) is 37.0 Å². The van der Waals surface area contributed by atoms with Crippen LogP contribution < -0.4 is 10.1 Å². The lowest BCUT2D eigenvalue weighted by atomic mass is 10.0. The van der Waals surface area contributed by atoms with Crippen LogP contribution in [0.15, 0.2) is 18.2 Å². The molecular formula is C27H40N4O6. The second-order valence-electron chi connectivity index (χ2n) is 10.5. The molecule has 2 fully saturated rings. The van der Waals surface area contributed by atoms with Crippen molar-refractivity contribution >= 4 is 23.4 Å². The van der Waals surface area contributed by atoms with Gasteiger partial charge in [-0.3, -0.25) is 19.3 Å². The Kier molecular flexibility index (Phi) is 9.04. The maximum atomic E-state index is 13.5. The van der Waals surface area contributed by atoms with E-state index in [4.69, 9.17) is 14.2 Å². The summed E-state index contributed by atoms with van der Waals surface area (Å²) in [6.07, 6.45) is 1.54. The summed E-state index contributed by atoms with van der Waals surface area (Å²) in [4.78, 5) is 44.8. The molecule has 3 atom stereocenters. The van der Waals surface area contributed by atoms with Gasteiger partial charge in [0.2, 0.25) is 11.8 Å². The first kappa shape index (κ1) is 27.3. The number of carbonyl (C=O) groups is 3. The molecule has 204 valence electrons. The van der Waals surface area contributed by atoms with E-state index in [9.17, 15) is 14.4 Å². The maximum Gasteiger partial charge on any atom is 0.257 e. The SMILES string of the molecule is CO[C@@H]1CN(C)C(=O)c2cc(NC(=O)C3CC3)ccc2OC[C@@H](C)N(C(=O)CN2CCOCC2)C[C@H]1C. The average molecular weight is 517 g/mol. The molecule has 1 saturated carbocycles. The monoisotopic (exact) mass is 516 g/mol. The zero-order chi connectivity index (χ0) is 26.5. The Bertz CT molecular complexity index is 978. The van der Waals surface area contributed by atoms with Crippen molar-refractivity contribution < 1.29 is 28.6 Å². The summed E-state index contributed by atoms with van der Waals surface area (Å²) in [5.74, 6) is 0.281. The van der Waals surface area contributed by atoms with Gasteiger partial charge in [0.25, 0.3) is 5.91 Å². The van der Waals surface area contributed by atoms with Crippen molar-refractivity contribution in [2.75, 3.05) is 72.0 Å². The zero-order valence-corrected chi connectivity index (χ0v) is 22.4. The molecule has 0 unspecified atom stereocenters. The van der Waals surface area contributed by atoms with Crippen LogP contribution in [0.2, 0.25) is 0 Å². The van der Waals surface area contributed by atoms with Gasteiger partial charge in [-0.2, -0.15) is 0 Å². The summed E-state index contributed by atoms with van der Waals surface area (Å²) in [6.45, 7) is 8.16. The number of hydrogen-bond acceptors (Lipinski definition) is 7. The fourth-order valence-corrected chi connectivity index (χ4v) is 4.83.